The van der Waals surface area contributed by atoms with Crippen LogP contribution in [0.25, 0.3) is 0 Å². The lowest BCUT2D eigenvalue weighted by atomic mass is 9.98. The van der Waals surface area contributed by atoms with Crippen LogP contribution in [-0.4, -0.2) is 67.3 Å². The van der Waals surface area contributed by atoms with Gasteiger partial charge in [0.15, 0.2) is 9.84 Å². The van der Waals surface area contributed by atoms with Crippen LogP contribution in [0.15, 0.2) is 35.4 Å². The Hall–Kier alpha value is -2.52. The monoisotopic (exact) mass is 442 g/mol. The number of fused-ring (bicyclic) bond motifs is 4. The Labute approximate surface area is 182 Å². The molecule has 5 rings (SSSR count). The zero-order chi connectivity index (χ0) is 21.6. The van der Waals surface area contributed by atoms with Crippen molar-refractivity contribution in [1.29, 1.82) is 0 Å². The molecule has 2 aromatic rings. The van der Waals surface area contributed by atoms with Crippen molar-refractivity contribution >= 4 is 21.7 Å². The van der Waals surface area contributed by atoms with E-state index in [1.807, 2.05) is 11.1 Å². The normalized spacial score (nSPS) is 23.0. The Morgan fingerprint density at radius 3 is 2.74 bits per heavy atom. The number of anilines is 1. The number of benzene rings is 1. The third kappa shape index (κ3) is 3.49. The Morgan fingerprint density at radius 1 is 1.19 bits per heavy atom. The van der Waals surface area contributed by atoms with Crippen molar-refractivity contribution in [2.24, 2.45) is 0 Å². The summed E-state index contributed by atoms with van der Waals surface area (Å²) in [5, 5.41) is 0. The second-order valence-corrected chi connectivity index (χ2v) is 10.5. The molecule has 8 nitrogen and oxygen atoms in total. The number of nitrogens with zero attached hydrogens (tertiary/aromatic N) is 4. The number of morpholine rings is 1. The molecule has 9 heteroatoms. The molecule has 4 heterocycles. The molecule has 3 aliphatic rings. The van der Waals surface area contributed by atoms with Crippen molar-refractivity contribution in [2.45, 2.75) is 43.2 Å². The molecule has 1 aromatic carbocycles. The highest BCUT2D eigenvalue weighted by atomic mass is 32.2. The molecule has 2 bridgehead atoms. The summed E-state index contributed by atoms with van der Waals surface area (Å²) in [6.07, 6.45) is 4.24. The average molecular weight is 443 g/mol. The van der Waals surface area contributed by atoms with Gasteiger partial charge in [0, 0.05) is 37.3 Å². The summed E-state index contributed by atoms with van der Waals surface area (Å²) in [5.41, 5.74) is 2.24. The van der Waals surface area contributed by atoms with Crippen LogP contribution in [0.1, 0.15) is 47.4 Å². The van der Waals surface area contributed by atoms with Crippen molar-refractivity contribution in [1.82, 2.24) is 14.9 Å². The van der Waals surface area contributed by atoms with Crippen LogP contribution >= 0.6 is 0 Å². The van der Waals surface area contributed by atoms with E-state index in [9.17, 15) is 13.2 Å². The number of hydrogen-bond acceptors (Lipinski definition) is 7. The van der Waals surface area contributed by atoms with Crippen LogP contribution in [-0.2, 0) is 21.0 Å². The van der Waals surface area contributed by atoms with E-state index in [0.29, 0.717) is 19.6 Å². The summed E-state index contributed by atoms with van der Waals surface area (Å²) >= 11 is 0. The van der Waals surface area contributed by atoms with Gasteiger partial charge in [-0.2, -0.15) is 0 Å². The first-order valence-corrected chi connectivity index (χ1v) is 12.5. The molecule has 2 fully saturated rings. The highest BCUT2D eigenvalue weighted by molar-refractivity contribution is 7.91. The molecular weight excluding hydrogens is 416 g/mol. The van der Waals surface area contributed by atoms with Gasteiger partial charge in [0.05, 0.1) is 41.2 Å². The molecule has 2 atom stereocenters. The van der Waals surface area contributed by atoms with Gasteiger partial charge in [0.2, 0.25) is 5.95 Å². The molecule has 0 radical (unpaired) electrons. The van der Waals surface area contributed by atoms with Crippen LogP contribution < -0.4 is 4.90 Å². The summed E-state index contributed by atoms with van der Waals surface area (Å²) in [7, 11) is -3.49. The quantitative estimate of drug-likeness (QED) is 0.715. The molecular formula is C22H26N4O4S. The number of carbonyl (C=O) groups excluding carboxylic acids is 1. The molecule has 0 saturated carbocycles. The van der Waals surface area contributed by atoms with E-state index in [-0.39, 0.29) is 34.2 Å². The van der Waals surface area contributed by atoms with Crippen LogP contribution in [0, 0.1) is 0 Å². The van der Waals surface area contributed by atoms with Gasteiger partial charge in [-0.15, -0.1) is 0 Å². The maximum absolute atomic E-state index is 13.6. The molecule has 0 N–H and O–H groups in total. The molecule has 3 aliphatic heterocycles. The summed E-state index contributed by atoms with van der Waals surface area (Å²) < 4.78 is 30.6. The Morgan fingerprint density at radius 2 is 1.97 bits per heavy atom. The number of aromatic nitrogens is 2. The fourth-order valence-electron chi connectivity index (χ4n) is 4.90. The molecule has 2 saturated heterocycles. The summed E-state index contributed by atoms with van der Waals surface area (Å²) in [6.45, 7) is 4.50. The second-order valence-electron chi connectivity index (χ2n) is 8.23. The van der Waals surface area contributed by atoms with Gasteiger partial charge >= 0.3 is 0 Å². The Balaban J connectivity index is 1.47. The van der Waals surface area contributed by atoms with E-state index in [1.165, 1.54) is 6.07 Å². The first kappa shape index (κ1) is 20.4. The predicted molar refractivity (Wildman–Crippen MR) is 115 cm³/mol. The van der Waals surface area contributed by atoms with Crippen molar-refractivity contribution in [3.05, 3.63) is 47.3 Å². The topological polar surface area (TPSA) is 92.7 Å². The minimum absolute atomic E-state index is 0.0230. The Kier molecular flexibility index (Phi) is 5.18. The molecule has 0 aliphatic carbocycles. The zero-order valence-electron chi connectivity index (χ0n) is 17.5. The average Bonchev–Trinajstić information content (AvgIpc) is 3.13. The van der Waals surface area contributed by atoms with Crippen LogP contribution in [0.5, 0.6) is 0 Å². The molecule has 0 spiro atoms. The van der Waals surface area contributed by atoms with Crippen molar-refractivity contribution in [3.8, 4) is 0 Å². The number of sulfone groups is 1. The van der Waals surface area contributed by atoms with Gasteiger partial charge in [-0.25, -0.2) is 18.4 Å². The number of rotatable bonds is 4. The van der Waals surface area contributed by atoms with Crippen molar-refractivity contribution in [2.75, 3.05) is 37.0 Å². The minimum atomic E-state index is -3.49. The predicted octanol–water partition coefficient (Wildman–Crippen LogP) is 2.01. The van der Waals surface area contributed by atoms with E-state index in [0.717, 1.165) is 43.1 Å². The molecule has 0 unspecified atom stereocenters. The third-order valence-corrected chi connectivity index (χ3v) is 8.32. The van der Waals surface area contributed by atoms with Crippen LogP contribution in [0.4, 0.5) is 5.95 Å². The van der Waals surface area contributed by atoms with E-state index in [1.54, 1.807) is 25.1 Å². The number of amides is 1. The maximum Gasteiger partial charge on any atom is 0.255 e. The van der Waals surface area contributed by atoms with Gasteiger partial charge in [-0.05, 0) is 25.0 Å². The minimum Gasteiger partial charge on any atom is -0.378 e. The van der Waals surface area contributed by atoms with E-state index >= 15 is 0 Å². The van der Waals surface area contributed by atoms with E-state index in [4.69, 9.17) is 9.72 Å². The fourth-order valence-corrected chi connectivity index (χ4v) is 5.99. The lowest BCUT2D eigenvalue weighted by Gasteiger charge is -2.36. The molecule has 164 valence electrons. The second kappa shape index (κ2) is 7.87. The van der Waals surface area contributed by atoms with Gasteiger partial charge in [0.25, 0.3) is 5.91 Å². The van der Waals surface area contributed by atoms with Gasteiger partial charge in [-0.1, -0.05) is 19.1 Å². The lowest BCUT2D eigenvalue weighted by molar-refractivity contribution is 0.0639. The van der Waals surface area contributed by atoms with E-state index < -0.39 is 9.84 Å². The standard InChI is InChI=1S/C22H26N4O4S/c1-2-31(28,29)20-6-4-3-5-16(20)21(27)26-15-7-8-19(26)17-14-23-22(24-18(17)13-15)25-9-11-30-12-10-25/h3-6,14-15,19H,2,7-13H2,1H3/t15-,19-/m0/s1. The zero-order valence-corrected chi connectivity index (χ0v) is 18.3. The third-order valence-electron chi connectivity index (χ3n) is 6.54. The van der Waals surface area contributed by atoms with Crippen LogP contribution in [0.3, 0.4) is 0 Å². The van der Waals surface area contributed by atoms with E-state index in [2.05, 4.69) is 9.88 Å². The Bertz CT molecular complexity index is 1110. The molecule has 1 aromatic heterocycles. The smallest absolute Gasteiger partial charge is 0.255 e. The number of hydrogen-bond donors (Lipinski definition) is 0. The largest absolute Gasteiger partial charge is 0.378 e. The molecule has 31 heavy (non-hydrogen) atoms. The summed E-state index contributed by atoms with van der Waals surface area (Å²) in [6, 6.07) is 6.45. The van der Waals surface area contributed by atoms with Crippen LogP contribution in [0.2, 0.25) is 0 Å². The van der Waals surface area contributed by atoms with Crippen molar-refractivity contribution < 1.29 is 17.9 Å². The van der Waals surface area contributed by atoms with Gasteiger partial charge in [-0.3, -0.25) is 4.79 Å². The summed E-state index contributed by atoms with van der Waals surface area (Å²) in [5.74, 6) is 0.467. The number of ether oxygens (including phenoxy) is 1. The van der Waals surface area contributed by atoms with Crippen molar-refractivity contribution in [3.63, 3.8) is 0 Å². The summed E-state index contributed by atoms with van der Waals surface area (Å²) in [4.78, 5) is 27.1. The lowest BCUT2D eigenvalue weighted by Crippen LogP contribution is -2.43. The fraction of sp³-hybridized carbons (Fsp3) is 0.500. The number of carbonyl (C=O) groups is 1. The SMILES string of the molecule is CCS(=O)(=O)c1ccccc1C(=O)N1[C@H]2CC[C@H]1c1cnc(N3CCOCC3)nc1C2. The maximum atomic E-state index is 13.6. The molecule has 1 amide bonds. The van der Waals surface area contributed by atoms with Gasteiger partial charge in [0.1, 0.15) is 0 Å². The highest BCUT2D eigenvalue weighted by Crippen LogP contribution is 2.44. The first-order chi connectivity index (χ1) is 15.0. The first-order valence-electron chi connectivity index (χ1n) is 10.8. The van der Waals surface area contributed by atoms with Gasteiger partial charge < -0.3 is 14.5 Å². The highest BCUT2D eigenvalue weighted by Gasteiger charge is 2.44.